The molecule has 0 aromatic heterocycles. The zero-order chi connectivity index (χ0) is 31.8. The summed E-state index contributed by atoms with van der Waals surface area (Å²) in [5.74, 6) is 0. The van der Waals surface area contributed by atoms with Crippen LogP contribution in [0.25, 0.3) is 0 Å². The molecule has 0 radical (unpaired) electrons. The molecule has 0 saturated carbocycles. The Kier molecular flexibility index (Phi) is 8.49. The molecule has 0 aliphatic heterocycles. The van der Waals surface area contributed by atoms with Crippen molar-refractivity contribution in [1.82, 2.24) is 0 Å². The molecule has 0 spiro atoms. The van der Waals surface area contributed by atoms with Crippen LogP contribution < -0.4 is 9.80 Å². The van der Waals surface area contributed by atoms with Gasteiger partial charge < -0.3 is 9.80 Å². The van der Waals surface area contributed by atoms with Crippen molar-refractivity contribution in [1.29, 1.82) is 0 Å². The van der Waals surface area contributed by atoms with Gasteiger partial charge in [-0.05, 0) is 120 Å². The molecule has 44 heavy (non-hydrogen) atoms. The van der Waals surface area contributed by atoms with E-state index in [1.54, 1.807) is 0 Å². The summed E-state index contributed by atoms with van der Waals surface area (Å²) >= 11 is 0. The molecule has 5 aromatic rings. The Hall–Kier alpha value is -4.30. The van der Waals surface area contributed by atoms with Gasteiger partial charge in [0.15, 0.2) is 0 Å². The van der Waals surface area contributed by atoms with E-state index in [0.717, 1.165) is 22.7 Å². The number of hydrogen-bond donors (Lipinski definition) is 0. The molecular weight excluding hydrogens is 532 g/mol. The zero-order valence-corrected chi connectivity index (χ0v) is 28.3. The quantitative estimate of drug-likeness (QED) is 0.197. The van der Waals surface area contributed by atoms with Crippen molar-refractivity contribution in [2.45, 2.75) is 80.1 Å². The topological polar surface area (TPSA) is 6.48 Å². The van der Waals surface area contributed by atoms with Gasteiger partial charge in [0.25, 0.3) is 0 Å². The van der Waals surface area contributed by atoms with Crippen LogP contribution in [0.4, 0.5) is 34.1 Å². The summed E-state index contributed by atoms with van der Waals surface area (Å²) < 4.78 is 0. The Morgan fingerprint density at radius 1 is 0.364 bits per heavy atom. The van der Waals surface area contributed by atoms with E-state index in [2.05, 4.69) is 188 Å². The number of aryl methyl sites for hydroxylation is 4. The molecule has 0 heterocycles. The standard InChI is InChI=1S/C42H48N2/c1-29-25-33(41(5,6)7)26-30(2)39(29)43(35-17-13-11-14-18-35)37-21-23-38(24-22-37)44(36-19-15-12-16-20-36)40-31(3)27-34(28-32(40)4)42(8,9)10/h11-28H,1-10H3. The van der Waals surface area contributed by atoms with Crippen LogP contribution in [-0.4, -0.2) is 0 Å². The van der Waals surface area contributed by atoms with Crippen LogP contribution in [0.5, 0.6) is 0 Å². The highest BCUT2D eigenvalue weighted by Crippen LogP contribution is 2.44. The fourth-order valence-corrected chi connectivity index (χ4v) is 6.20. The van der Waals surface area contributed by atoms with Crippen molar-refractivity contribution in [2.75, 3.05) is 9.80 Å². The smallest absolute Gasteiger partial charge is 0.0520 e. The molecule has 0 amide bonds. The summed E-state index contributed by atoms with van der Waals surface area (Å²) in [6.45, 7) is 22.7. The molecule has 2 heteroatoms. The van der Waals surface area contributed by atoms with Gasteiger partial charge in [-0.3, -0.25) is 0 Å². The van der Waals surface area contributed by atoms with Crippen molar-refractivity contribution in [3.63, 3.8) is 0 Å². The van der Waals surface area contributed by atoms with Crippen LogP contribution in [-0.2, 0) is 10.8 Å². The van der Waals surface area contributed by atoms with Gasteiger partial charge in [-0.25, -0.2) is 0 Å². The molecule has 0 bridgehead atoms. The molecule has 226 valence electrons. The highest BCUT2D eigenvalue weighted by atomic mass is 15.2. The second-order valence-electron chi connectivity index (χ2n) is 14.3. The van der Waals surface area contributed by atoms with E-state index in [4.69, 9.17) is 0 Å². The van der Waals surface area contributed by atoms with E-state index in [0.29, 0.717) is 0 Å². The number of rotatable bonds is 6. The first-order valence-electron chi connectivity index (χ1n) is 15.8. The predicted octanol–water partition coefficient (Wildman–Crippen LogP) is 12.5. The maximum absolute atomic E-state index is 2.41. The van der Waals surface area contributed by atoms with Crippen LogP contribution in [0.3, 0.4) is 0 Å². The Balaban J connectivity index is 1.65. The lowest BCUT2D eigenvalue weighted by Gasteiger charge is -2.32. The summed E-state index contributed by atoms with van der Waals surface area (Å²) in [6, 6.07) is 39.9. The molecule has 5 aromatic carbocycles. The van der Waals surface area contributed by atoms with Gasteiger partial charge in [0.1, 0.15) is 0 Å². The third-order valence-corrected chi connectivity index (χ3v) is 8.56. The van der Waals surface area contributed by atoms with E-state index < -0.39 is 0 Å². The monoisotopic (exact) mass is 580 g/mol. The molecule has 0 N–H and O–H groups in total. The first kappa shape index (κ1) is 31.1. The summed E-state index contributed by atoms with van der Waals surface area (Å²) in [4.78, 5) is 4.81. The van der Waals surface area contributed by atoms with Gasteiger partial charge in [-0.2, -0.15) is 0 Å². The average molecular weight is 581 g/mol. The van der Waals surface area contributed by atoms with Crippen LogP contribution in [0.2, 0.25) is 0 Å². The Morgan fingerprint density at radius 3 is 0.864 bits per heavy atom. The lowest BCUT2D eigenvalue weighted by molar-refractivity contribution is 0.589. The maximum atomic E-state index is 2.41. The molecule has 0 aliphatic rings. The van der Waals surface area contributed by atoms with Crippen LogP contribution in [0, 0.1) is 27.7 Å². The number of benzene rings is 5. The van der Waals surface area contributed by atoms with Crippen LogP contribution in [0.15, 0.2) is 109 Å². The third kappa shape index (κ3) is 6.31. The lowest BCUT2D eigenvalue weighted by atomic mass is 9.84. The van der Waals surface area contributed by atoms with Gasteiger partial charge >= 0.3 is 0 Å². The van der Waals surface area contributed by atoms with Crippen molar-refractivity contribution in [2.24, 2.45) is 0 Å². The van der Waals surface area contributed by atoms with Crippen molar-refractivity contribution >= 4 is 34.1 Å². The van der Waals surface area contributed by atoms with E-state index in [9.17, 15) is 0 Å². The molecule has 5 rings (SSSR count). The average Bonchev–Trinajstić information content (AvgIpc) is 2.97. The van der Waals surface area contributed by atoms with Gasteiger partial charge in [-0.1, -0.05) is 102 Å². The second kappa shape index (κ2) is 12.0. The Morgan fingerprint density at radius 2 is 0.614 bits per heavy atom. The second-order valence-corrected chi connectivity index (χ2v) is 14.3. The maximum Gasteiger partial charge on any atom is 0.0520 e. The number of hydrogen-bond acceptors (Lipinski definition) is 2. The number of anilines is 6. The fourth-order valence-electron chi connectivity index (χ4n) is 6.20. The van der Waals surface area contributed by atoms with E-state index in [-0.39, 0.29) is 10.8 Å². The van der Waals surface area contributed by atoms with Gasteiger partial charge in [0.2, 0.25) is 0 Å². The SMILES string of the molecule is Cc1cc(C(C)(C)C)cc(C)c1N(c1ccccc1)c1ccc(N(c2ccccc2)c2c(C)cc(C(C)(C)C)cc2C)cc1. The third-order valence-electron chi connectivity index (χ3n) is 8.56. The van der Waals surface area contributed by atoms with Crippen LogP contribution in [0.1, 0.15) is 74.9 Å². The molecule has 0 aliphatic carbocycles. The minimum Gasteiger partial charge on any atom is -0.310 e. The molecule has 2 nitrogen and oxygen atoms in total. The first-order valence-corrected chi connectivity index (χ1v) is 15.8. The van der Waals surface area contributed by atoms with Crippen molar-refractivity contribution < 1.29 is 0 Å². The predicted molar refractivity (Wildman–Crippen MR) is 192 cm³/mol. The highest BCUT2D eigenvalue weighted by Gasteiger charge is 2.24. The molecule has 0 saturated heterocycles. The Bertz CT molecular complexity index is 1560. The van der Waals surface area contributed by atoms with Crippen molar-refractivity contribution in [3.05, 3.63) is 143 Å². The van der Waals surface area contributed by atoms with Crippen LogP contribution >= 0.6 is 0 Å². The van der Waals surface area contributed by atoms with Gasteiger partial charge in [0, 0.05) is 22.7 Å². The molecular formula is C42H48N2. The van der Waals surface area contributed by atoms with Crippen molar-refractivity contribution in [3.8, 4) is 0 Å². The molecule has 0 atom stereocenters. The summed E-state index contributed by atoms with van der Waals surface area (Å²) in [5.41, 5.74) is 15.1. The van der Waals surface area contributed by atoms with Gasteiger partial charge in [-0.15, -0.1) is 0 Å². The number of nitrogens with zero attached hydrogens (tertiary/aromatic N) is 2. The summed E-state index contributed by atoms with van der Waals surface area (Å²) in [5, 5.41) is 0. The lowest BCUT2D eigenvalue weighted by Crippen LogP contribution is -2.17. The minimum absolute atomic E-state index is 0.0928. The van der Waals surface area contributed by atoms with E-state index in [1.165, 1.54) is 44.8 Å². The summed E-state index contributed by atoms with van der Waals surface area (Å²) in [7, 11) is 0. The first-order chi connectivity index (χ1) is 20.8. The highest BCUT2D eigenvalue weighted by molar-refractivity contribution is 5.84. The minimum atomic E-state index is 0.0928. The van der Waals surface area contributed by atoms with Gasteiger partial charge in [0.05, 0.1) is 11.4 Å². The molecule has 0 unspecified atom stereocenters. The normalized spacial score (nSPS) is 11.9. The number of para-hydroxylation sites is 2. The zero-order valence-electron chi connectivity index (χ0n) is 28.3. The summed E-state index contributed by atoms with van der Waals surface area (Å²) in [6.07, 6.45) is 0. The molecule has 0 fully saturated rings. The fraction of sp³-hybridized carbons (Fsp3) is 0.286. The van der Waals surface area contributed by atoms with E-state index >= 15 is 0 Å². The largest absolute Gasteiger partial charge is 0.310 e. The Labute approximate surface area is 266 Å². The van der Waals surface area contributed by atoms with E-state index in [1.807, 2.05) is 0 Å².